The number of carbonyl (C=O) groups excluding carboxylic acids is 1. The fraction of sp³-hybridized carbons (Fsp3) is 0.667. The third-order valence-corrected chi connectivity index (χ3v) is 3.23. The smallest absolute Gasteiger partial charge is 0.270 e. The molecule has 1 heterocycles. The third kappa shape index (κ3) is 5.57. The minimum atomic E-state index is -0.145. The van der Waals surface area contributed by atoms with E-state index in [1.54, 1.807) is 5.38 Å². The quantitative estimate of drug-likeness (QED) is 0.661. The van der Waals surface area contributed by atoms with Crippen molar-refractivity contribution in [2.45, 2.75) is 26.2 Å². The largest absolute Gasteiger partial charge is 0.380 e. The van der Waals surface area contributed by atoms with Gasteiger partial charge < -0.3 is 15.8 Å². The molecule has 0 unspecified atom stereocenters. The van der Waals surface area contributed by atoms with Crippen LogP contribution in [-0.2, 0) is 11.2 Å². The Balaban J connectivity index is 2.19. The molecule has 0 aromatic carbocycles. The van der Waals surface area contributed by atoms with Crippen molar-refractivity contribution < 1.29 is 9.53 Å². The summed E-state index contributed by atoms with van der Waals surface area (Å²) in [6.07, 6.45) is 2.90. The minimum Gasteiger partial charge on any atom is -0.380 e. The number of thiazole rings is 1. The van der Waals surface area contributed by atoms with E-state index >= 15 is 0 Å². The molecule has 0 spiro atoms. The van der Waals surface area contributed by atoms with Gasteiger partial charge in [0.05, 0.1) is 11.6 Å². The lowest BCUT2D eigenvalue weighted by atomic mass is 10.4. The van der Waals surface area contributed by atoms with Crippen LogP contribution in [0, 0.1) is 0 Å². The highest BCUT2D eigenvalue weighted by molar-refractivity contribution is 7.09. The Morgan fingerprint density at radius 1 is 1.56 bits per heavy atom. The van der Waals surface area contributed by atoms with E-state index in [0.29, 0.717) is 25.4 Å². The van der Waals surface area contributed by atoms with E-state index in [0.717, 1.165) is 30.9 Å². The fourth-order valence-corrected chi connectivity index (χ4v) is 2.12. The van der Waals surface area contributed by atoms with Crippen molar-refractivity contribution in [1.29, 1.82) is 0 Å². The maximum Gasteiger partial charge on any atom is 0.270 e. The number of amides is 1. The number of nitrogens with two attached hydrogens (primary N) is 1. The van der Waals surface area contributed by atoms with Gasteiger partial charge in [-0.05, 0) is 13.0 Å². The molecule has 0 radical (unpaired) electrons. The first-order valence-electron chi connectivity index (χ1n) is 6.28. The Labute approximate surface area is 112 Å². The molecule has 1 aromatic rings. The lowest BCUT2D eigenvalue weighted by Crippen LogP contribution is -2.27. The summed E-state index contributed by atoms with van der Waals surface area (Å²) in [5.74, 6) is -0.145. The molecule has 0 aliphatic heterocycles. The van der Waals surface area contributed by atoms with E-state index < -0.39 is 0 Å². The Kier molecular flexibility index (Phi) is 7.55. The van der Waals surface area contributed by atoms with Crippen LogP contribution in [-0.4, -0.2) is 37.2 Å². The van der Waals surface area contributed by atoms with Gasteiger partial charge >= 0.3 is 0 Å². The summed E-state index contributed by atoms with van der Waals surface area (Å²) in [6, 6.07) is 0. The molecule has 1 aromatic heterocycles. The molecule has 102 valence electrons. The molecule has 0 aliphatic rings. The zero-order valence-electron chi connectivity index (χ0n) is 10.8. The first-order valence-corrected chi connectivity index (χ1v) is 7.16. The van der Waals surface area contributed by atoms with Gasteiger partial charge in [0.25, 0.3) is 5.91 Å². The Morgan fingerprint density at radius 2 is 2.39 bits per heavy atom. The molecule has 1 amide bonds. The molecule has 5 nitrogen and oxygen atoms in total. The maximum absolute atomic E-state index is 11.7. The van der Waals surface area contributed by atoms with Crippen molar-refractivity contribution in [2.24, 2.45) is 5.73 Å². The number of rotatable bonds is 9. The lowest BCUT2D eigenvalue weighted by molar-refractivity contribution is 0.0908. The Bertz CT molecular complexity index is 355. The number of ether oxygens (including phenoxy) is 1. The van der Waals surface area contributed by atoms with Crippen molar-refractivity contribution in [3.05, 3.63) is 16.1 Å². The molecule has 3 N–H and O–H groups in total. The van der Waals surface area contributed by atoms with E-state index in [-0.39, 0.29) is 5.91 Å². The number of hydrogen-bond donors (Lipinski definition) is 2. The van der Waals surface area contributed by atoms with Gasteiger partial charge in [0.1, 0.15) is 5.69 Å². The Hall–Kier alpha value is -0.980. The van der Waals surface area contributed by atoms with Crippen LogP contribution in [0.1, 0.15) is 35.3 Å². The Morgan fingerprint density at radius 3 is 3.11 bits per heavy atom. The second kappa shape index (κ2) is 9.02. The SMILES string of the molecule is CCCCOCCNC(=O)c1csc(CCN)n1. The molecule has 0 aliphatic carbocycles. The summed E-state index contributed by atoms with van der Waals surface area (Å²) in [6.45, 7) is 4.49. The maximum atomic E-state index is 11.7. The number of nitrogens with one attached hydrogen (secondary N) is 1. The van der Waals surface area contributed by atoms with Crippen molar-refractivity contribution in [3.63, 3.8) is 0 Å². The third-order valence-electron chi connectivity index (χ3n) is 2.32. The van der Waals surface area contributed by atoms with Crippen molar-refractivity contribution in [2.75, 3.05) is 26.3 Å². The molecule has 0 atom stereocenters. The van der Waals surface area contributed by atoms with Gasteiger partial charge in [-0.1, -0.05) is 13.3 Å². The normalized spacial score (nSPS) is 10.6. The summed E-state index contributed by atoms with van der Waals surface area (Å²) in [5, 5.41) is 5.45. The average Bonchev–Trinajstić information content (AvgIpc) is 2.82. The van der Waals surface area contributed by atoms with Crippen LogP contribution in [0.5, 0.6) is 0 Å². The van der Waals surface area contributed by atoms with Crippen LogP contribution in [0.25, 0.3) is 0 Å². The highest BCUT2D eigenvalue weighted by Crippen LogP contribution is 2.09. The molecule has 6 heteroatoms. The van der Waals surface area contributed by atoms with Crippen LogP contribution in [0.15, 0.2) is 5.38 Å². The summed E-state index contributed by atoms with van der Waals surface area (Å²) in [5.41, 5.74) is 5.90. The highest BCUT2D eigenvalue weighted by atomic mass is 32.1. The van der Waals surface area contributed by atoms with E-state index in [4.69, 9.17) is 10.5 Å². The predicted octanol–water partition coefficient (Wildman–Crippen LogP) is 1.19. The van der Waals surface area contributed by atoms with Gasteiger partial charge in [-0.15, -0.1) is 11.3 Å². The van der Waals surface area contributed by atoms with E-state index in [2.05, 4.69) is 17.2 Å². The van der Waals surface area contributed by atoms with E-state index in [1.807, 2.05) is 0 Å². The second-order valence-corrected chi connectivity index (χ2v) is 4.83. The van der Waals surface area contributed by atoms with Gasteiger partial charge in [0.2, 0.25) is 0 Å². The summed E-state index contributed by atoms with van der Waals surface area (Å²) in [7, 11) is 0. The van der Waals surface area contributed by atoms with Crippen molar-refractivity contribution in [1.82, 2.24) is 10.3 Å². The zero-order chi connectivity index (χ0) is 13.2. The molecule has 0 saturated carbocycles. The summed E-state index contributed by atoms with van der Waals surface area (Å²) < 4.78 is 5.36. The number of unbranched alkanes of at least 4 members (excludes halogenated alkanes) is 1. The monoisotopic (exact) mass is 271 g/mol. The predicted molar refractivity (Wildman–Crippen MR) is 72.9 cm³/mol. The molecule has 1 rings (SSSR count). The fourth-order valence-electron chi connectivity index (χ4n) is 1.33. The van der Waals surface area contributed by atoms with Crippen LogP contribution >= 0.6 is 11.3 Å². The molecule has 0 saturated heterocycles. The number of aromatic nitrogens is 1. The van der Waals surface area contributed by atoms with Crippen LogP contribution < -0.4 is 11.1 Å². The molecule has 0 fully saturated rings. The molecule has 0 bridgehead atoms. The van der Waals surface area contributed by atoms with Gasteiger partial charge in [0, 0.05) is 25.0 Å². The second-order valence-electron chi connectivity index (χ2n) is 3.89. The standard InChI is InChI=1S/C12H21N3O2S/c1-2-3-7-17-8-6-14-12(16)10-9-18-11(15-10)4-5-13/h9H,2-8,13H2,1H3,(H,14,16). The average molecular weight is 271 g/mol. The van der Waals surface area contributed by atoms with Gasteiger partial charge in [-0.25, -0.2) is 4.98 Å². The van der Waals surface area contributed by atoms with E-state index in [9.17, 15) is 4.79 Å². The van der Waals surface area contributed by atoms with Crippen LogP contribution in [0.2, 0.25) is 0 Å². The van der Waals surface area contributed by atoms with Crippen molar-refractivity contribution in [3.8, 4) is 0 Å². The number of carbonyl (C=O) groups is 1. The van der Waals surface area contributed by atoms with Gasteiger partial charge in [-0.3, -0.25) is 4.79 Å². The highest BCUT2D eigenvalue weighted by Gasteiger charge is 2.09. The summed E-state index contributed by atoms with van der Waals surface area (Å²) >= 11 is 1.47. The topological polar surface area (TPSA) is 77.2 Å². The van der Waals surface area contributed by atoms with Crippen LogP contribution in [0.3, 0.4) is 0 Å². The molecule has 18 heavy (non-hydrogen) atoms. The van der Waals surface area contributed by atoms with Gasteiger partial charge in [0.15, 0.2) is 0 Å². The first kappa shape index (κ1) is 15.1. The number of nitrogens with zero attached hydrogens (tertiary/aromatic N) is 1. The minimum absolute atomic E-state index is 0.145. The zero-order valence-corrected chi connectivity index (χ0v) is 11.6. The molecular weight excluding hydrogens is 250 g/mol. The summed E-state index contributed by atoms with van der Waals surface area (Å²) in [4.78, 5) is 15.9. The van der Waals surface area contributed by atoms with Crippen LogP contribution in [0.4, 0.5) is 0 Å². The van der Waals surface area contributed by atoms with E-state index in [1.165, 1.54) is 11.3 Å². The van der Waals surface area contributed by atoms with Gasteiger partial charge in [-0.2, -0.15) is 0 Å². The molecular formula is C12H21N3O2S. The first-order chi connectivity index (χ1) is 8.77. The van der Waals surface area contributed by atoms with Crippen molar-refractivity contribution >= 4 is 17.2 Å². The lowest BCUT2D eigenvalue weighted by Gasteiger charge is -2.04. The number of hydrogen-bond acceptors (Lipinski definition) is 5.